The molecule has 2 aliphatic heterocycles. The van der Waals surface area contributed by atoms with Gasteiger partial charge in [-0.15, -0.1) is 6.58 Å². The second kappa shape index (κ2) is 8.27. The van der Waals surface area contributed by atoms with E-state index >= 15 is 0 Å². The number of rotatable bonds is 5. The number of nitrogens with zero attached hydrogens (tertiary/aromatic N) is 2. The van der Waals surface area contributed by atoms with E-state index in [0.29, 0.717) is 17.7 Å². The fourth-order valence-corrected chi connectivity index (χ4v) is 7.62. The van der Waals surface area contributed by atoms with Crippen LogP contribution in [0.3, 0.4) is 0 Å². The number of aryl methyl sites for hydroxylation is 1. The standard InChI is InChI=1S/C30H34N2O3/c1-4-15-32-16-14-30-22-9-10-23(31(3)27(34)13-8-20-7-5-6-19(2)17-20)29(30)35-26-12-11-25(33)21(28(26)30)18-24(22)32/h4-8,11-13,17,22-24,29,33H,1,9-10,14-16,18H2,2-3H3/t22-,23-,24+,29-,30-/m0/s1. The molecule has 2 heterocycles. The molecule has 1 saturated carbocycles. The Bertz CT molecular complexity index is 1220. The minimum atomic E-state index is -0.151. The summed E-state index contributed by atoms with van der Waals surface area (Å²) in [6.45, 7) is 7.89. The molecule has 2 fully saturated rings. The number of hydrogen-bond acceptors (Lipinski definition) is 4. The number of amides is 1. The monoisotopic (exact) mass is 470 g/mol. The highest BCUT2D eigenvalue weighted by Crippen LogP contribution is 2.63. The molecule has 0 radical (unpaired) electrons. The van der Waals surface area contributed by atoms with Gasteiger partial charge in [0.2, 0.25) is 5.91 Å². The fraction of sp³-hybridized carbons (Fsp3) is 0.433. The highest BCUT2D eigenvalue weighted by Gasteiger charge is 2.66. The quantitative estimate of drug-likeness (QED) is 0.518. The lowest BCUT2D eigenvalue weighted by atomic mass is 9.51. The topological polar surface area (TPSA) is 53.0 Å². The largest absolute Gasteiger partial charge is 0.508 e. The zero-order valence-electron chi connectivity index (χ0n) is 20.6. The summed E-state index contributed by atoms with van der Waals surface area (Å²) < 4.78 is 6.72. The van der Waals surface area contributed by atoms with Gasteiger partial charge < -0.3 is 14.7 Å². The van der Waals surface area contributed by atoms with E-state index in [4.69, 9.17) is 4.74 Å². The van der Waals surface area contributed by atoms with E-state index in [-0.39, 0.29) is 23.5 Å². The highest BCUT2D eigenvalue weighted by atomic mass is 16.5. The van der Waals surface area contributed by atoms with Crippen molar-refractivity contribution in [2.45, 2.75) is 56.2 Å². The number of benzene rings is 2. The fourth-order valence-electron chi connectivity index (χ4n) is 7.62. The maximum atomic E-state index is 13.3. The average molecular weight is 471 g/mol. The summed E-state index contributed by atoms with van der Waals surface area (Å²) in [5.41, 5.74) is 4.33. The van der Waals surface area contributed by atoms with Gasteiger partial charge in [0.15, 0.2) is 0 Å². The summed E-state index contributed by atoms with van der Waals surface area (Å²) in [6, 6.07) is 12.2. The van der Waals surface area contributed by atoms with Crippen molar-refractivity contribution in [3.8, 4) is 11.5 Å². The summed E-state index contributed by atoms with van der Waals surface area (Å²) in [4.78, 5) is 17.7. The number of phenolic OH excluding ortho intramolecular Hbond substituents is 1. The minimum Gasteiger partial charge on any atom is -0.508 e. The molecule has 5 atom stereocenters. The highest BCUT2D eigenvalue weighted by molar-refractivity contribution is 5.92. The third kappa shape index (κ3) is 3.28. The van der Waals surface area contributed by atoms with E-state index in [2.05, 4.69) is 30.5 Å². The van der Waals surface area contributed by atoms with E-state index < -0.39 is 0 Å². The molecule has 2 bridgehead atoms. The van der Waals surface area contributed by atoms with Crippen LogP contribution in [-0.2, 0) is 16.6 Å². The molecule has 1 N–H and O–H groups in total. The van der Waals surface area contributed by atoms with Crippen molar-refractivity contribution in [3.05, 3.63) is 77.4 Å². The van der Waals surface area contributed by atoms with Gasteiger partial charge in [-0.05, 0) is 68.8 Å². The zero-order chi connectivity index (χ0) is 24.3. The van der Waals surface area contributed by atoms with Crippen LogP contribution in [-0.4, -0.2) is 59.1 Å². The van der Waals surface area contributed by atoms with Gasteiger partial charge in [0.1, 0.15) is 17.6 Å². The molecule has 35 heavy (non-hydrogen) atoms. The maximum Gasteiger partial charge on any atom is 0.246 e. The summed E-state index contributed by atoms with van der Waals surface area (Å²) >= 11 is 0. The molecule has 1 amide bonds. The summed E-state index contributed by atoms with van der Waals surface area (Å²) in [5.74, 6) is 1.75. The molecule has 0 aromatic heterocycles. The molecule has 2 aliphatic carbocycles. The van der Waals surface area contributed by atoms with Gasteiger partial charge in [0.05, 0.1) is 6.04 Å². The van der Waals surface area contributed by atoms with Crippen LogP contribution in [0.25, 0.3) is 6.08 Å². The molecular formula is C30H34N2O3. The molecule has 182 valence electrons. The first-order chi connectivity index (χ1) is 16.9. The van der Waals surface area contributed by atoms with Crippen molar-refractivity contribution in [2.75, 3.05) is 20.1 Å². The summed E-state index contributed by atoms with van der Waals surface area (Å²) in [7, 11) is 1.92. The molecular weight excluding hydrogens is 436 g/mol. The summed E-state index contributed by atoms with van der Waals surface area (Å²) in [5, 5.41) is 10.9. The Morgan fingerprint density at radius 1 is 1.31 bits per heavy atom. The predicted octanol–water partition coefficient (Wildman–Crippen LogP) is 4.47. The van der Waals surface area contributed by atoms with Crippen LogP contribution < -0.4 is 4.74 Å². The molecule has 1 saturated heterocycles. The van der Waals surface area contributed by atoms with Gasteiger partial charge in [-0.25, -0.2) is 0 Å². The maximum absolute atomic E-state index is 13.3. The normalized spacial score (nSPS) is 30.6. The number of hydrogen-bond donors (Lipinski definition) is 1. The molecule has 2 aromatic carbocycles. The number of likely N-dealkylation sites (N-methyl/N-ethyl adjacent to an activating group) is 1. The van der Waals surface area contributed by atoms with Crippen molar-refractivity contribution in [1.29, 1.82) is 0 Å². The Kier molecular flexibility index (Phi) is 5.29. The number of phenols is 1. The van der Waals surface area contributed by atoms with Gasteiger partial charge in [0, 0.05) is 42.3 Å². The number of likely N-dealkylation sites (tertiary alicyclic amines) is 1. The SMILES string of the molecule is C=CCN1CC[C@@]23c4c5ccc(O)c4C[C@@H]1[C@@H]2CC[C@H](N(C)C(=O)C=Cc1cccc(C)c1)[C@@H]3O5. The number of piperidine rings is 1. The van der Waals surface area contributed by atoms with Crippen LogP contribution in [0.15, 0.2) is 55.1 Å². The molecule has 6 rings (SSSR count). The van der Waals surface area contributed by atoms with Crippen LogP contribution in [0.2, 0.25) is 0 Å². The van der Waals surface area contributed by atoms with Gasteiger partial charge in [-0.2, -0.15) is 0 Å². The average Bonchev–Trinajstić information content (AvgIpc) is 3.18. The van der Waals surface area contributed by atoms with E-state index in [1.807, 2.05) is 42.3 Å². The van der Waals surface area contributed by atoms with Crippen LogP contribution in [0.1, 0.15) is 41.5 Å². The van der Waals surface area contributed by atoms with Crippen molar-refractivity contribution in [3.63, 3.8) is 0 Å². The molecule has 5 nitrogen and oxygen atoms in total. The first-order valence-electron chi connectivity index (χ1n) is 12.8. The van der Waals surface area contributed by atoms with E-state index in [9.17, 15) is 9.90 Å². The molecule has 0 unspecified atom stereocenters. The lowest BCUT2D eigenvalue weighted by Gasteiger charge is -2.60. The van der Waals surface area contributed by atoms with Crippen LogP contribution >= 0.6 is 0 Å². The Balaban J connectivity index is 1.34. The van der Waals surface area contributed by atoms with Gasteiger partial charge in [-0.1, -0.05) is 35.9 Å². The van der Waals surface area contributed by atoms with Crippen LogP contribution in [0.4, 0.5) is 0 Å². The van der Waals surface area contributed by atoms with E-state index in [1.54, 1.807) is 12.1 Å². The van der Waals surface area contributed by atoms with E-state index in [0.717, 1.165) is 55.6 Å². The minimum absolute atomic E-state index is 0.00503. The number of aromatic hydroxyl groups is 1. The Labute approximate surface area is 207 Å². The third-order valence-electron chi connectivity index (χ3n) is 9.09. The predicted molar refractivity (Wildman–Crippen MR) is 138 cm³/mol. The third-order valence-corrected chi connectivity index (χ3v) is 9.09. The molecule has 4 aliphatic rings. The van der Waals surface area contributed by atoms with Gasteiger partial charge in [-0.3, -0.25) is 9.69 Å². The molecule has 1 spiro atoms. The second-order valence-corrected chi connectivity index (χ2v) is 10.8. The van der Waals surface area contributed by atoms with Gasteiger partial charge >= 0.3 is 0 Å². The first-order valence-corrected chi connectivity index (χ1v) is 12.8. The smallest absolute Gasteiger partial charge is 0.246 e. The number of carbonyl (C=O) groups is 1. The van der Waals surface area contributed by atoms with Gasteiger partial charge in [0.25, 0.3) is 0 Å². The zero-order valence-corrected chi connectivity index (χ0v) is 20.6. The Morgan fingerprint density at radius 2 is 2.17 bits per heavy atom. The summed E-state index contributed by atoms with van der Waals surface area (Å²) in [6.07, 6.45) is 9.30. The Morgan fingerprint density at radius 3 is 2.97 bits per heavy atom. The van der Waals surface area contributed by atoms with Crippen LogP contribution in [0.5, 0.6) is 11.5 Å². The van der Waals surface area contributed by atoms with E-state index in [1.165, 1.54) is 11.1 Å². The van der Waals surface area contributed by atoms with Crippen LogP contribution in [0, 0.1) is 12.8 Å². The molecule has 2 aromatic rings. The number of ether oxygens (including phenoxy) is 1. The van der Waals surface area contributed by atoms with Crippen molar-refractivity contribution in [2.24, 2.45) is 5.92 Å². The first kappa shape index (κ1) is 22.4. The van der Waals surface area contributed by atoms with Crippen molar-refractivity contribution < 1.29 is 14.6 Å². The Hall–Kier alpha value is -3.05. The van der Waals surface area contributed by atoms with Crippen molar-refractivity contribution >= 4 is 12.0 Å². The number of carbonyl (C=O) groups excluding carboxylic acids is 1. The lowest BCUT2D eigenvalue weighted by molar-refractivity contribution is -0.135. The second-order valence-electron chi connectivity index (χ2n) is 10.8. The molecule has 5 heteroatoms. The van der Waals surface area contributed by atoms with Crippen molar-refractivity contribution in [1.82, 2.24) is 9.80 Å². The lowest BCUT2D eigenvalue weighted by Crippen LogP contribution is -2.68.